The zero-order chi connectivity index (χ0) is 13.5. The van der Waals surface area contributed by atoms with Crippen molar-refractivity contribution in [3.63, 3.8) is 0 Å². The summed E-state index contributed by atoms with van der Waals surface area (Å²) < 4.78 is 31.3. The van der Waals surface area contributed by atoms with Crippen molar-refractivity contribution in [2.75, 3.05) is 19.6 Å². The third-order valence-corrected chi connectivity index (χ3v) is 5.94. The lowest BCUT2D eigenvalue weighted by Gasteiger charge is -2.41. The Morgan fingerprint density at radius 2 is 2.32 bits per heavy atom. The van der Waals surface area contributed by atoms with Crippen molar-refractivity contribution in [1.82, 2.24) is 14.4 Å². The lowest BCUT2D eigenvalue weighted by molar-refractivity contribution is 0.117. The molecule has 7 heteroatoms. The molecule has 0 unspecified atom stereocenters. The van der Waals surface area contributed by atoms with Crippen LogP contribution in [0.3, 0.4) is 0 Å². The third-order valence-electron chi connectivity index (χ3n) is 4.06. The molecule has 2 fully saturated rings. The maximum atomic E-state index is 12.5. The normalized spacial score (nSPS) is 29.5. The topological polar surface area (TPSA) is 66.7 Å². The van der Waals surface area contributed by atoms with Crippen LogP contribution in [0.2, 0.25) is 0 Å². The smallest absolute Gasteiger partial charge is 0.220 e. The molecule has 19 heavy (non-hydrogen) atoms. The first-order valence-electron chi connectivity index (χ1n) is 6.69. The first kappa shape index (κ1) is 13.1. The van der Waals surface area contributed by atoms with Crippen LogP contribution in [0.4, 0.5) is 0 Å². The van der Waals surface area contributed by atoms with E-state index in [-0.39, 0.29) is 11.8 Å². The van der Waals surface area contributed by atoms with Crippen molar-refractivity contribution in [1.29, 1.82) is 0 Å². The summed E-state index contributed by atoms with van der Waals surface area (Å²) in [4.78, 5) is 2.41. The minimum Gasteiger partial charge on any atom is -0.364 e. The van der Waals surface area contributed by atoms with E-state index in [9.17, 15) is 8.42 Å². The van der Waals surface area contributed by atoms with Crippen LogP contribution in [0, 0.1) is 0 Å². The molecule has 0 N–H and O–H groups in total. The van der Waals surface area contributed by atoms with Crippen molar-refractivity contribution in [3.05, 3.63) is 18.0 Å². The number of sulfonamides is 1. The molecule has 0 bridgehead atoms. The Balaban J connectivity index is 1.76. The van der Waals surface area contributed by atoms with E-state index in [0.717, 1.165) is 19.5 Å². The van der Waals surface area contributed by atoms with Gasteiger partial charge in [-0.05, 0) is 26.3 Å². The number of aromatic nitrogens is 1. The Bertz CT molecular complexity index is 528. The van der Waals surface area contributed by atoms with Gasteiger partial charge in [-0.2, -0.15) is 4.31 Å². The summed E-state index contributed by atoms with van der Waals surface area (Å²) in [5.41, 5.74) is 0.473. The van der Waals surface area contributed by atoms with Gasteiger partial charge in [-0.1, -0.05) is 5.16 Å². The zero-order valence-corrected chi connectivity index (χ0v) is 11.8. The van der Waals surface area contributed by atoms with Gasteiger partial charge >= 0.3 is 0 Å². The molecule has 6 nitrogen and oxygen atoms in total. The van der Waals surface area contributed by atoms with Crippen molar-refractivity contribution in [2.45, 2.75) is 37.6 Å². The van der Waals surface area contributed by atoms with Crippen LogP contribution in [0.5, 0.6) is 0 Å². The van der Waals surface area contributed by atoms with Gasteiger partial charge in [-0.3, -0.25) is 4.90 Å². The van der Waals surface area contributed by atoms with E-state index in [2.05, 4.69) is 10.1 Å². The van der Waals surface area contributed by atoms with Crippen LogP contribution in [-0.2, 0) is 15.8 Å². The highest BCUT2D eigenvalue weighted by Gasteiger charge is 2.39. The SMILES string of the molecule is C[C@H]1CN2CCC[C@@H]2CN1S(=O)(=O)Cc1ccon1. The van der Waals surface area contributed by atoms with E-state index in [1.54, 1.807) is 10.4 Å². The van der Waals surface area contributed by atoms with E-state index in [4.69, 9.17) is 4.52 Å². The zero-order valence-electron chi connectivity index (χ0n) is 11.0. The summed E-state index contributed by atoms with van der Waals surface area (Å²) >= 11 is 0. The molecule has 3 rings (SSSR count). The van der Waals surface area contributed by atoms with Crippen molar-refractivity contribution >= 4 is 10.0 Å². The fourth-order valence-corrected chi connectivity index (χ4v) is 4.83. The molecule has 0 spiro atoms. The van der Waals surface area contributed by atoms with Crippen molar-refractivity contribution < 1.29 is 12.9 Å². The van der Waals surface area contributed by atoms with Crippen LogP contribution in [0.15, 0.2) is 16.9 Å². The Morgan fingerprint density at radius 1 is 1.47 bits per heavy atom. The van der Waals surface area contributed by atoms with Gasteiger partial charge in [0.25, 0.3) is 0 Å². The molecule has 106 valence electrons. The second-order valence-electron chi connectivity index (χ2n) is 5.46. The second kappa shape index (κ2) is 4.88. The molecule has 2 aliphatic rings. The van der Waals surface area contributed by atoms with E-state index in [1.165, 1.54) is 12.7 Å². The molecule has 0 aromatic carbocycles. The van der Waals surface area contributed by atoms with E-state index < -0.39 is 10.0 Å². The highest BCUT2D eigenvalue weighted by Crippen LogP contribution is 2.27. The highest BCUT2D eigenvalue weighted by atomic mass is 32.2. The maximum Gasteiger partial charge on any atom is 0.220 e. The predicted octanol–water partition coefficient (Wildman–Crippen LogP) is 0.673. The summed E-state index contributed by atoms with van der Waals surface area (Å²) in [6.45, 7) is 4.53. The van der Waals surface area contributed by atoms with E-state index >= 15 is 0 Å². The summed E-state index contributed by atoms with van der Waals surface area (Å²) in [6.07, 6.45) is 3.68. The fraction of sp³-hybridized carbons (Fsp3) is 0.750. The van der Waals surface area contributed by atoms with Crippen molar-refractivity contribution in [3.8, 4) is 0 Å². The van der Waals surface area contributed by atoms with Gasteiger partial charge in [0, 0.05) is 31.2 Å². The molecular weight excluding hydrogens is 266 g/mol. The van der Waals surface area contributed by atoms with Gasteiger partial charge in [-0.25, -0.2) is 8.42 Å². The molecular formula is C12H19N3O3S. The lowest BCUT2D eigenvalue weighted by Crippen LogP contribution is -2.56. The summed E-state index contributed by atoms with van der Waals surface area (Å²) in [7, 11) is -3.31. The van der Waals surface area contributed by atoms with Gasteiger partial charge in [0.05, 0.1) is 5.69 Å². The quantitative estimate of drug-likeness (QED) is 0.816. The number of fused-ring (bicyclic) bond motifs is 1. The molecule has 0 radical (unpaired) electrons. The van der Waals surface area contributed by atoms with Gasteiger partial charge in [0.15, 0.2) is 0 Å². The Kier molecular flexibility index (Phi) is 3.36. The summed E-state index contributed by atoms with van der Waals surface area (Å²) in [5, 5.41) is 3.70. The first-order valence-corrected chi connectivity index (χ1v) is 8.30. The lowest BCUT2D eigenvalue weighted by atomic mass is 10.1. The average Bonchev–Trinajstić information content (AvgIpc) is 2.97. The van der Waals surface area contributed by atoms with Crippen LogP contribution < -0.4 is 0 Å². The van der Waals surface area contributed by atoms with Crippen LogP contribution in [-0.4, -0.2) is 54.5 Å². The second-order valence-corrected chi connectivity index (χ2v) is 7.38. The molecule has 0 saturated carbocycles. The number of rotatable bonds is 3. The molecule has 2 atom stereocenters. The minimum atomic E-state index is -3.31. The Hall–Kier alpha value is -0.920. The van der Waals surface area contributed by atoms with Gasteiger partial charge in [0.2, 0.25) is 10.0 Å². The third kappa shape index (κ3) is 2.54. The molecule has 1 aromatic rings. The summed E-state index contributed by atoms with van der Waals surface area (Å²) in [6, 6.07) is 2.03. The number of hydrogen-bond acceptors (Lipinski definition) is 5. The van der Waals surface area contributed by atoms with Crippen LogP contribution in [0.25, 0.3) is 0 Å². The van der Waals surface area contributed by atoms with Crippen LogP contribution >= 0.6 is 0 Å². The van der Waals surface area contributed by atoms with Crippen LogP contribution in [0.1, 0.15) is 25.5 Å². The molecule has 2 saturated heterocycles. The molecule has 0 aliphatic carbocycles. The summed E-state index contributed by atoms with van der Waals surface area (Å²) in [5.74, 6) is -0.0689. The highest BCUT2D eigenvalue weighted by molar-refractivity contribution is 7.88. The van der Waals surface area contributed by atoms with E-state index in [0.29, 0.717) is 18.3 Å². The number of piperazine rings is 1. The number of nitrogens with zero attached hydrogens (tertiary/aromatic N) is 3. The molecule has 1 aromatic heterocycles. The fourth-order valence-electron chi connectivity index (χ4n) is 3.13. The largest absolute Gasteiger partial charge is 0.364 e. The first-order chi connectivity index (χ1) is 9.06. The molecule has 2 aliphatic heterocycles. The Morgan fingerprint density at radius 3 is 3.05 bits per heavy atom. The number of hydrogen-bond donors (Lipinski definition) is 0. The van der Waals surface area contributed by atoms with E-state index in [1.807, 2.05) is 6.92 Å². The Labute approximate surface area is 113 Å². The van der Waals surface area contributed by atoms with Gasteiger partial charge < -0.3 is 4.52 Å². The monoisotopic (exact) mass is 285 g/mol. The molecule has 3 heterocycles. The van der Waals surface area contributed by atoms with Gasteiger partial charge in [-0.15, -0.1) is 0 Å². The van der Waals surface area contributed by atoms with Crippen molar-refractivity contribution in [2.24, 2.45) is 0 Å². The standard InChI is InChI=1S/C12H19N3O3S/c1-10-7-14-5-2-3-12(14)8-15(10)19(16,17)9-11-4-6-18-13-11/h4,6,10,12H,2-3,5,7-9H2,1H3/t10-,12+/m0/s1. The molecule has 0 amide bonds. The van der Waals surface area contributed by atoms with Gasteiger partial charge in [0.1, 0.15) is 12.0 Å². The average molecular weight is 285 g/mol. The predicted molar refractivity (Wildman–Crippen MR) is 69.9 cm³/mol. The minimum absolute atomic E-state index is 0.0336. The maximum absolute atomic E-state index is 12.5.